The van der Waals surface area contributed by atoms with Crippen molar-refractivity contribution < 1.29 is 9.90 Å². The third kappa shape index (κ3) is 5.23. The lowest BCUT2D eigenvalue weighted by Gasteiger charge is -1.89. The van der Waals surface area contributed by atoms with Gasteiger partial charge in [-0.2, -0.15) is 0 Å². The van der Waals surface area contributed by atoms with Gasteiger partial charge in [-0.3, -0.25) is 0 Å². The van der Waals surface area contributed by atoms with Gasteiger partial charge in [0.25, 0.3) is 0 Å². The first-order valence-corrected chi connectivity index (χ1v) is 3.48. The van der Waals surface area contributed by atoms with E-state index in [9.17, 15) is 4.79 Å². The number of hydrogen-bond acceptors (Lipinski definition) is 1. The molecule has 60 valence electrons. The second-order valence-electron chi connectivity index (χ2n) is 2.16. The van der Waals surface area contributed by atoms with Gasteiger partial charge >= 0.3 is 5.97 Å². The van der Waals surface area contributed by atoms with E-state index in [1.807, 2.05) is 0 Å². The fourth-order valence-electron chi connectivity index (χ4n) is 0.573. The third-order valence-electron chi connectivity index (χ3n) is 1.23. The Bertz CT molecular complexity index is 215. The average Bonchev–Trinajstić information content (AvgIpc) is 1.97. The second-order valence-corrected chi connectivity index (χ2v) is 2.16. The van der Waals surface area contributed by atoms with Gasteiger partial charge in [0, 0.05) is 12.0 Å². The van der Waals surface area contributed by atoms with Gasteiger partial charge in [0.2, 0.25) is 0 Å². The summed E-state index contributed by atoms with van der Waals surface area (Å²) in [5.41, 5.74) is 0.392. The van der Waals surface area contributed by atoms with E-state index in [0.29, 0.717) is 5.57 Å². The Morgan fingerprint density at radius 1 is 1.64 bits per heavy atom. The van der Waals surface area contributed by atoms with Crippen LogP contribution in [0.5, 0.6) is 0 Å². The van der Waals surface area contributed by atoms with Crippen molar-refractivity contribution >= 4 is 5.97 Å². The van der Waals surface area contributed by atoms with Crippen molar-refractivity contribution in [3.05, 3.63) is 11.6 Å². The van der Waals surface area contributed by atoms with Crippen LogP contribution in [-0.2, 0) is 4.79 Å². The van der Waals surface area contributed by atoms with Gasteiger partial charge in [0.05, 0.1) is 0 Å². The molecule has 11 heavy (non-hydrogen) atoms. The van der Waals surface area contributed by atoms with E-state index in [1.54, 1.807) is 19.9 Å². The van der Waals surface area contributed by atoms with Crippen molar-refractivity contribution in [2.45, 2.75) is 26.7 Å². The van der Waals surface area contributed by atoms with Crippen LogP contribution in [0.1, 0.15) is 26.7 Å². The number of carboxylic acid groups (broad SMARTS) is 1. The van der Waals surface area contributed by atoms with Gasteiger partial charge in [-0.25, -0.2) is 4.79 Å². The van der Waals surface area contributed by atoms with Crippen molar-refractivity contribution in [1.29, 1.82) is 0 Å². The van der Waals surface area contributed by atoms with Gasteiger partial charge in [-0.1, -0.05) is 6.08 Å². The first kappa shape index (κ1) is 9.77. The number of carboxylic acids is 1. The highest BCUT2D eigenvalue weighted by atomic mass is 16.4. The highest BCUT2D eigenvalue weighted by Gasteiger charge is 1.96. The molecular formula is C9H12O2. The summed E-state index contributed by atoms with van der Waals surface area (Å²) in [6, 6.07) is 0. The molecule has 0 unspecified atom stereocenters. The lowest BCUT2D eigenvalue weighted by atomic mass is 10.2. The molecule has 0 saturated carbocycles. The number of unbranched alkanes of at least 4 members (excludes halogenated alkanes) is 1. The summed E-state index contributed by atoms with van der Waals surface area (Å²) in [5, 5.41) is 8.43. The summed E-state index contributed by atoms with van der Waals surface area (Å²) in [7, 11) is 0. The standard InChI is InChI=1S/C9H12O2/c1-3-4-5-6-7-8(2)9(10)11/h7H,5-6H2,1-2H3,(H,10,11)/b8-7-. The van der Waals surface area contributed by atoms with Gasteiger partial charge in [-0.15, -0.1) is 11.8 Å². The number of aliphatic carboxylic acids is 1. The van der Waals surface area contributed by atoms with Crippen LogP contribution in [0.2, 0.25) is 0 Å². The van der Waals surface area contributed by atoms with Crippen LogP contribution in [0.3, 0.4) is 0 Å². The molecule has 0 aliphatic rings. The summed E-state index contributed by atoms with van der Waals surface area (Å²) in [6.07, 6.45) is 3.15. The maximum absolute atomic E-state index is 10.3. The molecule has 0 aromatic rings. The molecular weight excluding hydrogens is 140 g/mol. The summed E-state index contributed by atoms with van der Waals surface area (Å²) in [6.45, 7) is 3.36. The fourth-order valence-corrected chi connectivity index (χ4v) is 0.573. The van der Waals surface area contributed by atoms with Crippen LogP contribution >= 0.6 is 0 Å². The minimum absolute atomic E-state index is 0.392. The molecule has 0 fully saturated rings. The molecule has 0 amide bonds. The summed E-state index contributed by atoms with van der Waals surface area (Å²) < 4.78 is 0. The number of hydrogen-bond donors (Lipinski definition) is 1. The van der Waals surface area contributed by atoms with Gasteiger partial charge in [-0.05, 0) is 20.3 Å². The van der Waals surface area contributed by atoms with Crippen molar-refractivity contribution in [2.75, 3.05) is 0 Å². The predicted octanol–water partition coefficient (Wildman–Crippen LogP) is 1.82. The van der Waals surface area contributed by atoms with Crippen LogP contribution in [-0.4, -0.2) is 11.1 Å². The molecule has 0 aromatic heterocycles. The first-order chi connectivity index (χ1) is 5.18. The van der Waals surface area contributed by atoms with Crippen molar-refractivity contribution in [3.8, 4) is 11.8 Å². The van der Waals surface area contributed by atoms with Crippen LogP contribution in [0, 0.1) is 11.8 Å². The lowest BCUT2D eigenvalue weighted by Crippen LogP contribution is -1.95. The molecule has 2 nitrogen and oxygen atoms in total. The molecule has 2 heteroatoms. The summed E-state index contributed by atoms with van der Waals surface area (Å²) in [4.78, 5) is 10.3. The highest BCUT2D eigenvalue weighted by Crippen LogP contribution is 1.97. The summed E-state index contributed by atoms with van der Waals surface area (Å²) in [5.74, 6) is 4.75. The highest BCUT2D eigenvalue weighted by molar-refractivity contribution is 5.85. The Morgan fingerprint density at radius 2 is 2.27 bits per heavy atom. The molecule has 0 rings (SSSR count). The molecule has 1 N–H and O–H groups in total. The van der Waals surface area contributed by atoms with E-state index in [1.165, 1.54) is 0 Å². The monoisotopic (exact) mass is 152 g/mol. The van der Waals surface area contributed by atoms with Crippen LogP contribution in [0.25, 0.3) is 0 Å². The van der Waals surface area contributed by atoms with E-state index in [0.717, 1.165) is 12.8 Å². The molecule has 0 aliphatic heterocycles. The minimum Gasteiger partial charge on any atom is -0.478 e. The van der Waals surface area contributed by atoms with E-state index in [4.69, 9.17) is 5.11 Å². The summed E-state index contributed by atoms with van der Waals surface area (Å²) >= 11 is 0. The molecule has 0 bridgehead atoms. The van der Waals surface area contributed by atoms with E-state index < -0.39 is 5.97 Å². The maximum Gasteiger partial charge on any atom is 0.330 e. The molecule has 0 spiro atoms. The molecule has 0 saturated heterocycles. The van der Waals surface area contributed by atoms with Crippen LogP contribution in [0.15, 0.2) is 11.6 Å². The van der Waals surface area contributed by atoms with Crippen molar-refractivity contribution in [3.63, 3.8) is 0 Å². The largest absolute Gasteiger partial charge is 0.478 e. The van der Waals surface area contributed by atoms with Gasteiger partial charge in [0.1, 0.15) is 0 Å². The Hall–Kier alpha value is -1.23. The third-order valence-corrected chi connectivity index (χ3v) is 1.23. The van der Waals surface area contributed by atoms with E-state index >= 15 is 0 Å². The molecule has 0 atom stereocenters. The van der Waals surface area contributed by atoms with Crippen molar-refractivity contribution in [2.24, 2.45) is 0 Å². The quantitative estimate of drug-likeness (QED) is 0.380. The van der Waals surface area contributed by atoms with Crippen LogP contribution in [0.4, 0.5) is 0 Å². The zero-order chi connectivity index (χ0) is 8.69. The van der Waals surface area contributed by atoms with Crippen molar-refractivity contribution in [1.82, 2.24) is 0 Å². The Morgan fingerprint density at radius 3 is 2.73 bits per heavy atom. The SMILES string of the molecule is CC#CCC/C=C(/C)C(=O)O. The Balaban J connectivity index is 3.71. The van der Waals surface area contributed by atoms with Gasteiger partial charge < -0.3 is 5.11 Å². The Kier molecular flexibility index (Phi) is 4.93. The second kappa shape index (κ2) is 5.55. The minimum atomic E-state index is -0.852. The molecule has 0 aliphatic carbocycles. The van der Waals surface area contributed by atoms with Gasteiger partial charge in [0.15, 0.2) is 0 Å². The lowest BCUT2D eigenvalue weighted by molar-refractivity contribution is -0.132. The smallest absolute Gasteiger partial charge is 0.330 e. The predicted molar refractivity (Wildman–Crippen MR) is 44.1 cm³/mol. The first-order valence-electron chi connectivity index (χ1n) is 3.48. The topological polar surface area (TPSA) is 37.3 Å². The van der Waals surface area contributed by atoms with E-state index in [2.05, 4.69) is 11.8 Å². The van der Waals surface area contributed by atoms with Crippen LogP contribution < -0.4 is 0 Å². The zero-order valence-electron chi connectivity index (χ0n) is 6.85. The normalized spacial score (nSPS) is 10.2. The molecule has 0 heterocycles. The zero-order valence-corrected chi connectivity index (χ0v) is 6.85. The fraction of sp³-hybridized carbons (Fsp3) is 0.444. The van der Waals surface area contributed by atoms with E-state index in [-0.39, 0.29) is 0 Å². The number of carbonyl (C=O) groups is 1. The molecule has 0 radical (unpaired) electrons. The Labute approximate surface area is 66.9 Å². The number of rotatable bonds is 3. The molecule has 0 aromatic carbocycles. The number of allylic oxidation sites excluding steroid dienone is 1. The maximum atomic E-state index is 10.3. The average molecular weight is 152 g/mol.